The summed E-state index contributed by atoms with van der Waals surface area (Å²) in [6.07, 6.45) is 3.32. The zero-order valence-corrected chi connectivity index (χ0v) is 15.3. The summed E-state index contributed by atoms with van der Waals surface area (Å²) < 4.78 is 23.7. The molecule has 1 fully saturated rings. The van der Waals surface area contributed by atoms with Crippen molar-refractivity contribution in [2.45, 2.75) is 65.5 Å². The minimum Gasteiger partial charge on any atom is -0.308 e. The Kier molecular flexibility index (Phi) is 7.14. The summed E-state index contributed by atoms with van der Waals surface area (Å²) in [5.74, 6) is 1.13. The minimum absolute atomic E-state index is 0.153. The fourth-order valence-corrected chi connectivity index (χ4v) is 4.02. The van der Waals surface area contributed by atoms with E-state index >= 15 is 0 Å². The van der Waals surface area contributed by atoms with E-state index in [-0.39, 0.29) is 11.3 Å². The highest BCUT2D eigenvalue weighted by molar-refractivity contribution is 7.91. The lowest BCUT2D eigenvalue weighted by molar-refractivity contribution is 0.0505. The number of nitrogens with zero attached hydrogens (tertiary/aromatic N) is 1. The first-order chi connectivity index (χ1) is 9.83. The SMILES string of the molecule is CCC(C)C1CNC(CC)(CC)CN1CCS(=O)(=O)CC. The highest BCUT2D eigenvalue weighted by atomic mass is 32.2. The molecule has 0 amide bonds. The molecule has 0 spiro atoms. The Balaban J connectivity index is 2.83. The van der Waals surface area contributed by atoms with E-state index in [4.69, 9.17) is 0 Å². The molecule has 0 bridgehead atoms. The second-order valence-electron chi connectivity index (χ2n) is 6.53. The highest BCUT2D eigenvalue weighted by Crippen LogP contribution is 2.26. The molecule has 0 aliphatic carbocycles. The van der Waals surface area contributed by atoms with Gasteiger partial charge < -0.3 is 5.32 Å². The summed E-state index contributed by atoms with van der Waals surface area (Å²) in [4.78, 5) is 2.44. The zero-order chi connectivity index (χ0) is 16.1. The van der Waals surface area contributed by atoms with Crippen LogP contribution in [-0.4, -0.2) is 56.0 Å². The number of hydrogen-bond donors (Lipinski definition) is 1. The average Bonchev–Trinajstić information content (AvgIpc) is 2.52. The van der Waals surface area contributed by atoms with Crippen molar-refractivity contribution < 1.29 is 8.42 Å². The van der Waals surface area contributed by atoms with E-state index in [1.54, 1.807) is 6.92 Å². The molecule has 0 aromatic carbocycles. The number of sulfone groups is 1. The molecule has 1 heterocycles. The lowest BCUT2D eigenvalue weighted by Gasteiger charge is -2.49. The molecule has 2 unspecified atom stereocenters. The van der Waals surface area contributed by atoms with Gasteiger partial charge in [-0.15, -0.1) is 0 Å². The van der Waals surface area contributed by atoms with Crippen molar-refractivity contribution >= 4 is 9.84 Å². The van der Waals surface area contributed by atoms with Gasteiger partial charge in [-0.05, 0) is 18.8 Å². The molecule has 0 aromatic heterocycles. The van der Waals surface area contributed by atoms with Gasteiger partial charge in [0.1, 0.15) is 0 Å². The van der Waals surface area contributed by atoms with Crippen LogP contribution in [0.3, 0.4) is 0 Å². The molecule has 21 heavy (non-hydrogen) atoms. The largest absolute Gasteiger partial charge is 0.308 e. The van der Waals surface area contributed by atoms with Gasteiger partial charge in [-0.1, -0.05) is 41.0 Å². The van der Waals surface area contributed by atoms with Crippen LogP contribution in [0.5, 0.6) is 0 Å². The lowest BCUT2D eigenvalue weighted by Crippen LogP contribution is -2.65. The van der Waals surface area contributed by atoms with Crippen molar-refractivity contribution in [2.75, 3.05) is 31.1 Å². The molecule has 0 aromatic rings. The first-order valence-corrected chi connectivity index (χ1v) is 10.3. The number of nitrogens with one attached hydrogen (secondary N) is 1. The Labute approximate surface area is 131 Å². The van der Waals surface area contributed by atoms with Gasteiger partial charge in [-0.3, -0.25) is 4.90 Å². The molecule has 2 atom stereocenters. The van der Waals surface area contributed by atoms with Crippen molar-refractivity contribution in [1.82, 2.24) is 10.2 Å². The molecule has 1 rings (SSSR count). The summed E-state index contributed by atoms with van der Waals surface area (Å²) in [6, 6.07) is 0.452. The van der Waals surface area contributed by atoms with Crippen LogP contribution in [0.2, 0.25) is 0 Å². The van der Waals surface area contributed by atoms with Crippen LogP contribution >= 0.6 is 0 Å². The predicted octanol–water partition coefficient (Wildman–Crippen LogP) is 2.30. The first-order valence-electron chi connectivity index (χ1n) is 8.52. The van der Waals surface area contributed by atoms with Crippen LogP contribution in [0, 0.1) is 5.92 Å². The maximum atomic E-state index is 11.8. The molecule has 1 aliphatic rings. The molecule has 1 N–H and O–H groups in total. The maximum absolute atomic E-state index is 11.8. The number of hydrogen-bond acceptors (Lipinski definition) is 4. The van der Waals surface area contributed by atoms with E-state index < -0.39 is 9.84 Å². The van der Waals surface area contributed by atoms with Crippen LogP contribution in [0.25, 0.3) is 0 Å². The van der Waals surface area contributed by atoms with Gasteiger partial charge in [0.05, 0.1) is 5.75 Å². The van der Waals surface area contributed by atoms with Crippen molar-refractivity contribution in [1.29, 1.82) is 0 Å². The monoisotopic (exact) mass is 318 g/mol. The van der Waals surface area contributed by atoms with E-state index in [0.29, 0.717) is 24.3 Å². The summed E-state index contributed by atoms with van der Waals surface area (Å²) in [5.41, 5.74) is 0.153. The van der Waals surface area contributed by atoms with Crippen molar-refractivity contribution in [3.63, 3.8) is 0 Å². The molecule has 5 heteroatoms. The molecule has 4 nitrogen and oxygen atoms in total. The van der Waals surface area contributed by atoms with Crippen molar-refractivity contribution in [3.05, 3.63) is 0 Å². The molecule has 1 aliphatic heterocycles. The normalized spacial score (nSPS) is 24.9. The fraction of sp³-hybridized carbons (Fsp3) is 1.00. The Morgan fingerprint density at radius 3 is 2.33 bits per heavy atom. The Hall–Kier alpha value is -0.130. The third kappa shape index (κ3) is 4.93. The van der Waals surface area contributed by atoms with Gasteiger partial charge in [-0.25, -0.2) is 8.42 Å². The van der Waals surface area contributed by atoms with Crippen LogP contribution in [0.1, 0.15) is 53.9 Å². The summed E-state index contributed by atoms with van der Waals surface area (Å²) in [7, 11) is -2.89. The van der Waals surface area contributed by atoms with Crippen molar-refractivity contribution in [2.24, 2.45) is 5.92 Å². The summed E-state index contributed by atoms with van der Waals surface area (Å²) in [5, 5.41) is 3.75. The maximum Gasteiger partial charge on any atom is 0.151 e. The summed E-state index contributed by atoms with van der Waals surface area (Å²) in [6.45, 7) is 13.3. The molecule has 0 radical (unpaired) electrons. The van der Waals surface area contributed by atoms with E-state index in [1.165, 1.54) is 0 Å². The fourth-order valence-electron chi connectivity index (χ4n) is 3.21. The third-order valence-corrected chi connectivity index (χ3v) is 7.13. The minimum atomic E-state index is -2.89. The third-order valence-electron chi connectivity index (χ3n) is 5.44. The average molecular weight is 319 g/mol. The lowest BCUT2D eigenvalue weighted by atomic mass is 9.85. The quantitative estimate of drug-likeness (QED) is 0.746. The second kappa shape index (κ2) is 7.93. The van der Waals surface area contributed by atoms with Gasteiger partial charge in [0, 0.05) is 37.0 Å². The van der Waals surface area contributed by atoms with Gasteiger partial charge in [0.15, 0.2) is 9.84 Å². The number of rotatable bonds is 8. The van der Waals surface area contributed by atoms with Crippen LogP contribution < -0.4 is 5.32 Å². The van der Waals surface area contributed by atoms with Crippen LogP contribution in [-0.2, 0) is 9.84 Å². The smallest absolute Gasteiger partial charge is 0.151 e. The summed E-state index contributed by atoms with van der Waals surface area (Å²) >= 11 is 0. The molecular formula is C16H34N2O2S. The van der Waals surface area contributed by atoms with Gasteiger partial charge in [0.25, 0.3) is 0 Å². The topological polar surface area (TPSA) is 49.4 Å². The van der Waals surface area contributed by atoms with E-state index in [0.717, 1.165) is 32.4 Å². The second-order valence-corrected chi connectivity index (χ2v) is 9.00. The zero-order valence-electron chi connectivity index (χ0n) is 14.5. The van der Waals surface area contributed by atoms with Crippen molar-refractivity contribution in [3.8, 4) is 0 Å². The predicted molar refractivity (Wildman–Crippen MR) is 90.5 cm³/mol. The number of piperazine rings is 1. The van der Waals surface area contributed by atoms with Crippen LogP contribution in [0.15, 0.2) is 0 Å². The Bertz CT molecular complexity index is 405. The van der Waals surface area contributed by atoms with E-state index in [2.05, 4.69) is 37.9 Å². The Morgan fingerprint density at radius 2 is 1.86 bits per heavy atom. The Morgan fingerprint density at radius 1 is 1.24 bits per heavy atom. The van der Waals surface area contributed by atoms with Gasteiger partial charge in [-0.2, -0.15) is 0 Å². The first kappa shape index (κ1) is 18.9. The van der Waals surface area contributed by atoms with Gasteiger partial charge in [0.2, 0.25) is 0 Å². The van der Waals surface area contributed by atoms with E-state index in [9.17, 15) is 8.42 Å². The molecular weight excluding hydrogens is 284 g/mol. The standard InChI is InChI=1S/C16H34N2O2S/c1-6-14(5)15-12-17-16(7-2,8-3)13-18(15)10-11-21(19,20)9-4/h14-15,17H,6-13H2,1-5H3. The van der Waals surface area contributed by atoms with Gasteiger partial charge >= 0.3 is 0 Å². The molecule has 0 saturated carbocycles. The molecule has 126 valence electrons. The van der Waals surface area contributed by atoms with E-state index in [1.807, 2.05) is 0 Å². The molecule has 1 saturated heterocycles. The van der Waals surface area contributed by atoms with Crippen LogP contribution in [0.4, 0.5) is 0 Å². The highest BCUT2D eigenvalue weighted by Gasteiger charge is 2.38.